The number of rotatable bonds is 6. The third-order valence-corrected chi connectivity index (χ3v) is 6.92. The summed E-state index contributed by atoms with van der Waals surface area (Å²) in [6, 6.07) is 6.77. The lowest BCUT2D eigenvalue weighted by atomic mass is 10.1. The van der Waals surface area contributed by atoms with E-state index in [9.17, 15) is 22.8 Å². The summed E-state index contributed by atoms with van der Waals surface area (Å²) < 4.78 is 33.5. The van der Waals surface area contributed by atoms with Crippen molar-refractivity contribution in [3.05, 3.63) is 47.8 Å². The average Bonchev–Trinajstić information content (AvgIpc) is 3.35. The summed E-state index contributed by atoms with van der Waals surface area (Å²) in [6.45, 7) is 1.65. The Kier molecular flexibility index (Phi) is 6.09. The Bertz CT molecular complexity index is 1090. The number of ether oxygens (including phenoxy) is 1. The molecule has 160 valence electrons. The van der Waals surface area contributed by atoms with Gasteiger partial charge >= 0.3 is 5.97 Å². The van der Waals surface area contributed by atoms with Gasteiger partial charge in [-0.1, -0.05) is 0 Å². The Labute approximate surface area is 174 Å². The van der Waals surface area contributed by atoms with Crippen LogP contribution in [0.25, 0.3) is 0 Å². The second kappa shape index (κ2) is 8.41. The number of carbonyl (C=O) groups excluding carboxylic acids is 3. The fourth-order valence-corrected chi connectivity index (χ4v) is 5.15. The van der Waals surface area contributed by atoms with E-state index in [1.54, 1.807) is 31.3 Å². The van der Waals surface area contributed by atoms with Gasteiger partial charge in [0.25, 0.3) is 0 Å². The Hall–Kier alpha value is -2.98. The third-order valence-electron chi connectivity index (χ3n) is 5.05. The molecule has 1 amide bonds. The second-order valence-corrected chi connectivity index (χ2v) is 8.95. The van der Waals surface area contributed by atoms with Gasteiger partial charge in [0.05, 0.1) is 7.11 Å². The average molecular weight is 433 g/mol. The lowest BCUT2D eigenvalue weighted by Crippen LogP contribution is -2.43. The predicted molar refractivity (Wildman–Crippen MR) is 109 cm³/mol. The molecule has 10 heteroatoms. The summed E-state index contributed by atoms with van der Waals surface area (Å²) >= 11 is 0. The number of aryl methyl sites for hydroxylation is 1. The maximum atomic E-state index is 13.1. The molecule has 0 bridgehead atoms. The van der Waals surface area contributed by atoms with Crippen LogP contribution in [0.4, 0.5) is 5.69 Å². The number of amides is 1. The molecule has 1 aromatic heterocycles. The number of ketones is 1. The number of aromatic nitrogens is 1. The molecule has 1 aliphatic rings. The van der Waals surface area contributed by atoms with E-state index in [2.05, 4.69) is 10.1 Å². The zero-order valence-electron chi connectivity index (χ0n) is 16.9. The SMILES string of the molecule is COC(=O)c1cc(S(=O)(=O)N2CCC[C@@H]2C(=O)Nc2ccc(C(C)=O)cc2)cn1C. The topological polar surface area (TPSA) is 115 Å². The van der Waals surface area contributed by atoms with Gasteiger partial charge in [0.2, 0.25) is 15.9 Å². The molecule has 1 atom stereocenters. The zero-order chi connectivity index (χ0) is 22.1. The number of methoxy groups -OCH3 is 1. The summed E-state index contributed by atoms with van der Waals surface area (Å²) in [4.78, 5) is 35.9. The molecule has 30 heavy (non-hydrogen) atoms. The summed E-state index contributed by atoms with van der Waals surface area (Å²) in [5.74, 6) is -1.19. The normalized spacial score (nSPS) is 17.0. The van der Waals surface area contributed by atoms with Gasteiger partial charge in [-0.2, -0.15) is 4.31 Å². The van der Waals surface area contributed by atoms with Crippen molar-refractivity contribution in [3.8, 4) is 0 Å². The molecule has 1 aromatic carbocycles. The Morgan fingerprint density at radius 3 is 2.43 bits per heavy atom. The van der Waals surface area contributed by atoms with Gasteiger partial charge in [0.1, 0.15) is 16.6 Å². The maximum absolute atomic E-state index is 13.1. The van der Waals surface area contributed by atoms with Crippen LogP contribution in [-0.4, -0.2) is 54.6 Å². The largest absolute Gasteiger partial charge is 0.464 e. The van der Waals surface area contributed by atoms with Crippen molar-refractivity contribution in [1.82, 2.24) is 8.87 Å². The van der Waals surface area contributed by atoms with Crippen molar-refractivity contribution in [1.29, 1.82) is 0 Å². The first-order chi connectivity index (χ1) is 14.1. The number of benzene rings is 1. The molecule has 0 unspecified atom stereocenters. The van der Waals surface area contributed by atoms with Gasteiger partial charge in [-0.05, 0) is 50.1 Å². The summed E-state index contributed by atoms with van der Waals surface area (Å²) in [5, 5.41) is 2.71. The van der Waals surface area contributed by atoms with Crippen molar-refractivity contribution in [2.75, 3.05) is 19.0 Å². The van der Waals surface area contributed by atoms with Gasteiger partial charge < -0.3 is 14.6 Å². The Morgan fingerprint density at radius 2 is 1.83 bits per heavy atom. The lowest BCUT2D eigenvalue weighted by Gasteiger charge is -2.23. The molecule has 0 aliphatic carbocycles. The highest BCUT2D eigenvalue weighted by Gasteiger charge is 2.40. The van der Waals surface area contributed by atoms with Crippen LogP contribution in [0.1, 0.15) is 40.6 Å². The van der Waals surface area contributed by atoms with Gasteiger partial charge in [0, 0.05) is 31.0 Å². The molecule has 1 N–H and O–H groups in total. The highest BCUT2D eigenvalue weighted by atomic mass is 32.2. The first kappa shape index (κ1) is 21.7. The Balaban J connectivity index is 1.81. The van der Waals surface area contributed by atoms with Crippen LogP contribution >= 0.6 is 0 Å². The van der Waals surface area contributed by atoms with Gasteiger partial charge in [-0.25, -0.2) is 13.2 Å². The van der Waals surface area contributed by atoms with Crippen LogP contribution < -0.4 is 5.32 Å². The van der Waals surface area contributed by atoms with Crippen LogP contribution in [0.15, 0.2) is 41.4 Å². The molecule has 2 aromatic rings. The molecule has 1 saturated heterocycles. The van der Waals surface area contributed by atoms with Crippen LogP contribution in [0.2, 0.25) is 0 Å². The van der Waals surface area contributed by atoms with Gasteiger partial charge in [-0.15, -0.1) is 0 Å². The summed E-state index contributed by atoms with van der Waals surface area (Å²) in [7, 11) is -1.23. The smallest absolute Gasteiger partial charge is 0.354 e. The molecule has 2 heterocycles. The van der Waals surface area contributed by atoms with Crippen molar-refractivity contribution >= 4 is 33.4 Å². The van der Waals surface area contributed by atoms with E-state index in [1.807, 2.05) is 0 Å². The number of anilines is 1. The number of nitrogens with zero attached hydrogens (tertiary/aromatic N) is 2. The number of hydrogen-bond acceptors (Lipinski definition) is 6. The lowest BCUT2D eigenvalue weighted by molar-refractivity contribution is -0.119. The van der Waals surface area contributed by atoms with Crippen molar-refractivity contribution < 1.29 is 27.5 Å². The van der Waals surface area contributed by atoms with Crippen LogP contribution in [0, 0.1) is 0 Å². The highest BCUT2D eigenvalue weighted by molar-refractivity contribution is 7.89. The zero-order valence-corrected chi connectivity index (χ0v) is 17.7. The quantitative estimate of drug-likeness (QED) is 0.549. The molecule has 1 aliphatic heterocycles. The summed E-state index contributed by atoms with van der Waals surface area (Å²) in [6.07, 6.45) is 2.25. The first-order valence-electron chi connectivity index (χ1n) is 9.33. The number of Topliss-reactive ketones (excluding diaryl/α,β-unsaturated/α-hetero) is 1. The van der Waals surface area contributed by atoms with E-state index < -0.39 is 27.9 Å². The standard InChI is InChI=1S/C20H23N3O6S/c1-13(24)14-6-8-15(9-7-14)21-19(25)17-5-4-10-23(17)30(27,28)16-11-18(20(26)29-3)22(2)12-16/h6-9,11-12,17H,4-5,10H2,1-3H3,(H,21,25)/t17-/m1/s1. The van der Waals surface area contributed by atoms with Crippen LogP contribution in [-0.2, 0) is 26.6 Å². The van der Waals surface area contributed by atoms with E-state index in [-0.39, 0.29) is 22.9 Å². The molecular weight excluding hydrogens is 410 g/mol. The predicted octanol–water partition coefficient (Wildman–Crippen LogP) is 1.81. The summed E-state index contributed by atoms with van der Waals surface area (Å²) in [5.41, 5.74) is 1.09. The maximum Gasteiger partial charge on any atom is 0.354 e. The Morgan fingerprint density at radius 1 is 1.17 bits per heavy atom. The van der Waals surface area contributed by atoms with Crippen LogP contribution in [0.5, 0.6) is 0 Å². The number of carbonyl (C=O) groups is 3. The van der Waals surface area contributed by atoms with E-state index in [0.29, 0.717) is 24.1 Å². The van der Waals surface area contributed by atoms with Gasteiger partial charge in [-0.3, -0.25) is 9.59 Å². The van der Waals surface area contributed by atoms with E-state index >= 15 is 0 Å². The fraction of sp³-hybridized carbons (Fsp3) is 0.350. The third kappa shape index (κ3) is 4.14. The molecule has 0 radical (unpaired) electrons. The minimum absolute atomic E-state index is 0.0732. The molecule has 0 spiro atoms. The molecular formula is C20H23N3O6S. The minimum Gasteiger partial charge on any atom is -0.464 e. The molecule has 0 saturated carbocycles. The van der Waals surface area contributed by atoms with Crippen molar-refractivity contribution in [2.45, 2.75) is 30.7 Å². The van der Waals surface area contributed by atoms with E-state index in [1.165, 1.54) is 30.9 Å². The monoisotopic (exact) mass is 433 g/mol. The molecule has 9 nitrogen and oxygen atoms in total. The first-order valence-corrected chi connectivity index (χ1v) is 10.8. The number of hydrogen-bond donors (Lipinski definition) is 1. The van der Waals surface area contributed by atoms with Crippen molar-refractivity contribution in [3.63, 3.8) is 0 Å². The molecule has 1 fully saturated rings. The minimum atomic E-state index is -3.99. The van der Waals surface area contributed by atoms with E-state index in [0.717, 1.165) is 4.31 Å². The highest BCUT2D eigenvalue weighted by Crippen LogP contribution is 2.28. The van der Waals surface area contributed by atoms with Crippen molar-refractivity contribution in [2.24, 2.45) is 7.05 Å². The fourth-order valence-electron chi connectivity index (χ4n) is 3.42. The second-order valence-electron chi connectivity index (χ2n) is 7.06. The van der Waals surface area contributed by atoms with Gasteiger partial charge in [0.15, 0.2) is 5.78 Å². The molecule has 3 rings (SSSR count). The number of esters is 1. The number of nitrogens with one attached hydrogen (secondary N) is 1. The van der Waals surface area contributed by atoms with Crippen LogP contribution in [0.3, 0.4) is 0 Å². The van der Waals surface area contributed by atoms with E-state index in [4.69, 9.17) is 0 Å². The number of sulfonamides is 1.